The molecule has 134 valence electrons. The monoisotopic (exact) mass is 353 g/mol. The van der Waals surface area contributed by atoms with E-state index in [1.165, 1.54) is 4.90 Å². The van der Waals surface area contributed by atoms with Crippen LogP contribution in [0.5, 0.6) is 11.5 Å². The SMILES string of the molecule is COc1ccccc1C1Oc2ccccc2N2C(=O)N(CC(N)=O)CC12. The van der Waals surface area contributed by atoms with E-state index >= 15 is 0 Å². The molecule has 0 radical (unpaired) electrons. The molecule has 2 unspecified atom stereocenters. The molecular weight excluding hydrogens is 334 g/mol. The number of para-hydroxylation sites is 3. The van der Waals surface area contributed by atoms with Crippen LogP contribution in [0.3, 0.4) is 0 Å². The van der Waals surface area contributed by atoms with Crippen LogP contribution in [0.2, 0.25) is 0 Å². The molecule has 0 bridgehead atoms. The molecule has 0 aromatic heterocycles. The van der Waals surface area contributed by atoms with Crippen LogP contribution in [-0.2, 0) is 4.79 Å². The third-order valence-corrected chi connectivity index (χ3v) is 4.74. The number of fused-ring (bicyclic) bond motifs is 3. The number of hydrogen-bond donors (Lipinski definition) is 1. The first kappa shape index (κ1) is 16.3. The minimum Gasteiger partial charge on any atom is -0.496 e. The fourth-order valence-electron chi connectivity index (χ4n) is 3.66. The molecule has 2 heterocycles. The highest BCUT2D eigenvalue weighted by Gasteiger charge is 2.48. The van der Waals surface area contributed by atoms with Crippen molar-refractivity contribution in [2.24, 2.45) is 5.73 Å². The van der Waals surface area contributed by atoms with Crippen molar-refractivity contribution in [2.45, 2.75) is 12.1 Å². The van der Waals surface area contributed by atoms with Crippen LogP contribution >= 0.6 is 0 Å². The lowest BCUT2D eigenvalue weighted by Gasteiger charge is -2.37. The molecule has 1 fully saturated rings. The minimum atomic E-state index is -0.541. The van der Waals surface area contributed by atoms with Crippen molar-refractivity contribution in [1.82, 2.24) is 4.90 Å². The fourth-order valence-corrected chi connectivity index (χ4v) is 3.66. The molecule has 2 aliphatic heterocycles. The van der Waals surface area contributed by atoms with E-state index in [1.54, 1.807) is 12.0 Å². The van der Waals surface area contributed by atoms with Gasteiger partial charge in [-0.25, -0.2) is 4.79 Å². The van der Waals surface area contributed by atoms with E-state index in [-0.39, 0.29) is 18.6 Å². The summed E-state index contributed by atoms with van der Waals surface area (Å²) in [5, 5.41) is 0. The third-order valence-electron chi connectivity index (χ3n) is 4.74. The maximum Gasteiger partial charge on any atom is 0.325 e. The summed E-state index contributed by atoms with van der Waals surface area (Å²) in [5.41, 5.74) is 6.86. The van der Waals surface area contributed by atoms with Gasteiger partial charge in [-0.15, -0.1) is 0 Å². The molecule has 2 aromatic carbocycles. The van der Waals surface area contributed by atoms with Gasteiger partial charge in [0.15, 0.2) is 0 Å². The number of carbonyl (C=O) groups is 2. The summed E-state index contributed by atoms with van der Waals surface area (Å²) >= 11 is 0. The first-order valence-corrected chi connectivity index (χ1v) is 8.35. The molecule has 7 heteroatoms. The number of urea groups is 1. The summed E-state index contributed by atoms with van der Waals surface area (Å²) in [7, 11) is 1.60. The van der Waals surface area contributed by atoms with Crippen molar-refractivity contribution in [3.63, 3.8) is 0 Å². The topological polar surface area (TPSA) is 85.1 Å². The number of nitrogens with zero attached hydrogens (tertiary/aromatic N) is 2. The zero-order valence-corrected chi connectivity index (χ0v) is 14.3. The second-order valence-electron chi connectivity index (χ2n) is 6.31. The molecule has 2 N–H and O–H groups in total. The van der Waals surface area contributed by atoms with Gasteiger partial charge >= 0.3 is 6.03 Å². The average Bonchev–Trinajstić information content (AvgIpc) is 2.97. The van der Waals surface area contributed by atoms with Gasteiger partial charge in [0.05, 0.1) is 18.8 Å². The Morgan fingerprint density at radius 3 is 2.73 bits per heavy atom. The maximum absolute atomic E-state index is 12.9. The van der Waals surface area contributed by atoms with Crippen molar-refractivity contribution < 1.29 is 19.1 Å². The summed E-state index contributed by atoms with van der Waals surface area (Å²) in [4.78, 5) is 27.4. The maximum atomic E-state index is 12.9. The van der Waals surface area contributed by atoms with Gasteiger partial charge in [-0.05, 0) is 18.2 Å². The molecular formula is C19H19N3O4. The van der Waals surface area contributed by atoms with Gasteiger partial charge in [0.25, 0.3) is 0 Å². The number of amides is 3. The lowest BCUT2D eigenvalue weighted by atomic mass is 9.98. The number of methoxy groups -OCH3 is 1. The molecule has 3 amide bonds. The zero-order chi connectivity index (χ0) is 18.3. The first-order chi connectivity index (χ1) is 12.6. The van der Waals surface area contributed by atoms with Crippen LogP contribution in [-0.4, -0.2) is 43.1 Å². The smallest absolute Gasteiger partial charge is 0.325 e. The van der Waals surface area contributed by atoms with Gasteiger partial charge in [-0.1, -0.05) is 30.3 Å². The Hall–Kier alpha value is -3.22. The minimum absolute atomic E-state index is 0.118. The second-order valence-corrected chi connectivity index (χ2v) is 6.31. The Kier molecular flexibility index (Phi) is 3.91. The van der Waals surface area contributed by atoms with Gasteiger partial charge in [-0.2, -0.15) is 0 Å². The highest BCUT2D eigenvalue weighted by molar-refractivity contribution is 5.99. The van der Waals surface area contributed by atoms with Crippen molar-refractivity contribution in [3.8, 4) is 11.5 Å². The number of rotatable bonds is 4. The predicted molar refractivity (Wildman–Crippen MR) is 95.2 cm³/mol. The number of hydrogen-bond acceptors (Lipinski definition) is 4. The number of ether oxygens (including phenoxy) is 2. The first-order valence-electron chi connectivity index (χ1n) is 8.35. The van der Waals surface area contributed by atoms with Gasteiger partial charge in [0.2, 0.25) is 5.91 Å². The Morgan fingerprint density at radius 1 is 1.23 bits per heavy atom. The Labute approximate surface area is 150 Å². The van der Waals surface area contributed by atoms with E-state index in [2.05, 4.69) is 0 Å². The molecule has 0 spiro atoms. The molecule has 0 saturated carbocycles. The summed E-state index contributed by atoms with van der Waals surface area (Å²) < 4.78 is 11.7. The van der Waals surface area contributed by atoms with Crippen molar-refractivity contribution >= 4 is 17.6 Å². The molecule has 4 rings (SSSR count). The molecule has 7 nitrogen and oxygen atoms in total. The van der Waals surface area contributed by atoms with Crippen molar-refractivity contribution in [1.29, 1.82) is 0 Å². The van der Waals surface area contributed by atoms with E-state index in [0.717, 1.165) is 5.56 Å². The molecule has 2 aromatic rings. The Balaban J connectivity index is 1.80. The van der Waals surface area contributed by atoms with Gasteiger partial charge in [0, 0.05) is 12.1 Å². The highest BCUT2D eigenvalue weighted by atomic mass is 16.5. The van der Waals surface area contributed by atoms with Crippen LogP contribution in [0.1, 0.15) is 11.7 Å². The third kappa shape index (κ3) is 2.52. The van der Waals surface area contributed by atoms with Crippen molar-refractivity contribution in [2.75, 3.05) is 25.1 Å². The number of anilines is 1. The van der Waals surface area contributed by atoms with E-state index in [0.29, 0.717) is 23.7 Å². The molecule has 2 atom stereocenters. The van der Waals surface area contributed by atoms with Crippen LogP contribution < -0.4 is 20.1 Å². The summed E-state index contributed by atoms with van der Waals surface area (Å²) in [6.45, 7) is 0.228. The number of carbonyl (C=O) groups excluding carboxylic acids is 2. The largest absolute Gasteiger partial charge is 0.496 e. The number of nitrogens with two attached hydrogens (primary N) is 1. The van der Waals surface area contributed by atoms with E-state index in [9.17, 15) is 9.59 Å². The van der Waals surface area contributed by atoms with Crippen LogP contribution in [0.4, 0.5) is 10.5 Å². The van der Waals surface area contributed by atoms with Crippen LogP contribution in [0.15, 0.2) is 48.5 Å². The standard InChI is InChI=1S/C19H19N3O4/c1-25-15-8-4-2-6-12(15)18-14-10-21(11-17(20)23)19(24)22(14)13-7-3-5-9-16(13)26-18/h2-9,14,18H,10-11H2,1H3,(H2,20,23). The fraction of sp³-hybridized carbons (Fsp3) is 0.263. The van der Waals surface area contributed by atoms with E-state index < -0.39 is 12.0 Å². The molecule has 0 aliphatic carbocycles. The molecule has 2 aliphatic rings. The highest BCUT2D eigenvalue weighted by Crippen LogP contribution is 2.46. The summed E-state index contributed by atoms with van der Waals surface area (Å²) in [6.07, 6.45) is -0.414. The van der Waals surface area contributed by atoms with Gasteiger partial charge in [-0.3, -0.25) is 9.69 Å². The molecule has 1 saturated heterocycles. The predicted octanol–water partition coefficient (Wildman–Crippen LogP) is 1.92. The zero-order valence-electron chi connectivity index (χ0n) is 14.3. The summed E-state index contributed by atoms with van der Waals surface area (Å²) in [6, 6.07) is 14.4. The second kappa shape index (κ2) is 6.25. The average molecular weight is 353 g/mol. The van der Waals surface area contributed by atoms with E-state index in [1.807, 2.05) is 48.5 Å². The van der Waals surface area contributed by atoms with Crippen LogP contribution in [0.25, 0.3) is 0 Å². The van der Waals surface area contributed by atoms with Gasteiger partial charge in [0.1, 0.15) is 24.1 Å². The Morgan fingerprint density at radius 2 is 1.96 bits per heavy atom. The Bertz CT molecular complexity index is 869. The van der Waals surface area contributed by atoms with E-state index in [4.69, 9.17) is 15.2 Å². The molecule has 26 heavy (non-hydrogen) atoms. The van der Waals surface area contributed by atoms with Crippen molar-refractivity contribution in [3.05, 3.63) is 54.1 Å². The van der Waals surface area contributed by atoms with Crippen LogP contribution in [0, 0.1) is 0 Å². The number of benzene rings is 2. The lowest BCUT2D eigenvalue weighted by molar-refractivity contribution is -0.118. The lowest BCUT2D eigenvalue weighted by Crippen LogP contribution is -2.44. The van der Waals surface area contributed by atoms with Gasteiger partial charge < -0.3 is 20.1 Å². The quantitative estimate of drug-likeness (QED) is 0.910. The summed E-state index contributed by atoms with van der Waals surface area (Å²) in [5.74, 6) is 0.771. The normalized spacial score (nSPS) is 21.0. The number of primary amides is 1.